The number of benzene rings is 2. The molecule has 22 heavy (non-hydrogen) atoms. The van der Waals surface area contributed by atoms with E-state index in [1.165, 1.54) is 22.3 Å². The van der Waals surface area contributed by atoms with Crippen LogP contribution in [-0.4, -0.2) is 9.97 Å². The van der Waals surface area contributed by atoms with Crippen molar-refractivity contribution in [3.8, 4) is 0 Å². The van der Waals surface area contributed by atoms with Gasteiger partial charge in [0.15, 0.2) is 0 Å². The largest absolute Gasteiger partial charge is 0.325 e. The fourth-order valence-electron chi connectivity index (χ4n) is 3.08. The first-order chi connectivity index (χ1) is 10.5. The van der Waals surface area contributed by atoms with Gasteiger partial charge >= 0.3 is 0 Å². The molecule has 3 nitrogen and oxygen atoms in total. The van der Waals surface area contributed by atoms with Crippen molar-refractivity contribution in [3.63, 3.8) is 0 Å². The van der Waals surface area contributed by atoms with E-state index in [-0.39, 0.29) is 0 Å². The third kappa shape index (κ3) is 2.59. The van der Waals surface area contributed by atoms with Crippen molar-refractivity contribution in [3.05, 3.63) is 52.6 Å². The molecule has 3 heteroatoms. The number of imidazole rings is 1. The lowest BCUT2D eigenvalue weighted by Crippen LogP contribution is -1.98. The normalized spacial score (nSPS) is 11.4. The van der Waals surface area contributed by atoms with Gasteiger partial charge < -0.3 is 10.3 Å². The quantitative estimate of drug-likeness (QED) is 0.683. The van der Waals surface area contributed by atoms with Gasteiger partial charge in [-0.25, -0.2) is 4.98 Å². The predicted molar refractivity (Wildman–Crippen MR) is 94.1 cm³/mol. The molecular formula is C19H23N3. The van der Waals surface area contributed by atoms with Gasteiger partial charge in [-0.15, -0.1) is 0 Å². The number of aromatic nitrogens is 2. The van der Waals surface area contributed by atoms with E-state index in [0.717, 1.165) is 22.7 Å². The second-order valence-corrected chi connectivity index (χ2v) is 6.38. The molecular weight excluding hydrogens is 270 g/mol. The van der Waals surface area contributed by atoms with Crippen molar-refractivity contribution in [2.75, 3.05) is 5.32 Å². The van der Waals surface area contributed by atoms with Gasteiger partial charge in [-0.05, 0) is 49.4 Å². The number of H-pyrrole nitrogens is 1. The zero-order valence-electron chi connectivity index (χ0n) is 13.9. The summed E-state index contributed by atoms with van der Waals surface area (Å²) in [6, 6.07) is 10.7. The summed E-state index contributed by atoms with van der Waals surface area (Å²) in [6.45, 7) is 10.8. The average Bonchev–Trinajstić information content (AvgIpc) is 2.84. The Balaban J connectivity index is 2.04. The van der Waals surface area contributed by atoms with Crippen LogP contribution in [-0.2, 0) is 0 Å². The monoisotopic (exact) mass is 293 g/mol. The van der Waals surface area contributed by atoms with Crippen LogP contribution >= 0.6 is 0 Å². The first kappa shape index (κ1) is 14.6. The van der Waals surface area contributed by atoms with E-state index in [1.54, 1.807) is 0 Å². The lowest BCUT2D eigenvalue weighted by atomic mass is 10.0. The van der Waals surface area contributed by atoms with E-state index in [1.807, 2.05) is 0 Å². The van der Waals surface area contributed by atoms with Gasteiger partial charge in [0.25, 0.3) is 0 Å². The van der Waals surface area contributed by atoms with Crippen LogP contribution in [0.25, 0.3) is 11.0 Å². The summed E-state index contributed by atoms with van der Waals surface area (Å²) in [5, 5.41) is 3.46. The van der Waals surface area contributed by atoms with E-state index in [2.05, 4.69) is 75.3 Å². The molecule has 0 atom stereocenters. The molecule has 2 N–H and O–H groups in total. The van der Waals surface area contributed by atoms with E-state index in [4.69, 9.17) is 4.98 Å². The van der Waals surface area contributed by atoms with Crippen LogP contribution < -0.4 is 5.32 Å². The highest BCUT2D eigenvalue weighted by molar-refractivity contribution is 5.82. The van der Waals surface area contributed by atoms with Crippen LogP contribution in [0.3, 0.4) is 0 Å². The highest BCUT2D eigenvalue weighted by Crippen LogP contribution is 2.28. The summed E-state index contributed by atoms with van der Waals surface area (Å²) in [5.74, 6) is 1.26. The number of hydrogen-bond donors (Lipinski definition) is 2. The van der Waals surface area contributed by atoms with Crippen molar-refractivity contribution >= 4 is 22.7 Å². The Labute approximate surface area is 131 Å². The van der Waals surface area contributed by atoms with Crippen LogP contribution in [0.1, 0.15) is 42.0 Å². The minimum Gasteiger partial charge on any atom is -0.325 e. The Morgan fingerprint density at radius 2 is 1.73 bits per heavy atom. The summed E-state index contributed by atoms with van der Waals surface area (Å²) < 4.78 is 0. The molecule has 114 valence electrons. The second kappa shape index (κ2) is 5.48. The molecule has 0 saturated heterocycles. The maximum absolute atomic E-state index is 4.77. The molecule has 0 amide bonds. The Bertz CT molecular complexity index is 805. The number of fused-ring (bicyclic) bond motifs is 1. The summed E-state index contributed by atoms with van der Waals surface area (Å²) in [5.41, 5.74) is 8.31. The zero-order chi connectivity index (χ0) is 15.9. The van der Waals surface area contributed by atoms with Gasteiger partial charge in [-0.2, -0.15) is 0 Å². The van der Waals surface area contributed by atoms with Gasteiger partial charge in [0.1, 0.15) is 0 Å². The number of nitrogens with one attached hydrogen (secondary N) is 2. The standard InChI is InChI=1S/C19H23N3/c1-11(2)15-7-6-8-16-18(15)22-19(20-16)21-17-13(4)9-12(3)10-14(17)5/h6-11H,1-5H3,(H2,20,21,22). The number of para-hydroxylation sites is 1. The maximum Gasteiger partial charge on any atom is 0.205 e. The number of anilines is 2. The van der Waals surface area contributed by atoms with Crippen molar-refractivity contribution < 1.29 is 0 Å². The molecule has 1 heterocycles. The van der Waals surface area contributed by atoms with Crippen molar-refractivity contribution in [1.82, 2.24) is 9.97 Å². The molecule has 0 aliphatic heterocycles. The van der Waals surface area contributed by atoms with Gasteiger partial charge in [0.05, 0.1) is 11.0 Å². The lowest BCUT2D eigenvalue weighted by Gasteiger charge is -2.11. The summed E-state index contributed by atoms with van der Waals surface area (Å²) in [6.07, 6.45) is 0. The Morgan fingerprint density at radius 3 is 2.36 bits per heavy atom. The van der Waals surface area contributed by atoms with Crippen molar-refractivity contribution in [2.24, 2.45) is 0 Å². The Hall–Kier alpha value is -2.29. The SMILES string of the molecule is Cc1cc(C)c(Nc2nc3c(C(C)C)cccc3[nH]2)c(C)c1. The number of rotatable bonds is 3. The highest BCUT2D eigenvalue weighted by atomic mass is 15.1. The van der Waals surface area contributed by atoms with Crippen LogP contribution in [0.15, 0.2) is 30.3 Å². The van der Waals surface area contributed by atoms with E-state index in [0.29, 0.717) is 5.92 Å². The third-order valence-corrected chi connectivity index (χ3v) is 4.09. The Morgan fingerprint density at radius 1 is 1.05 bits per heavy atom. The molecule has 0 spiro atoms. The number of nitrogens with zero attached hydrogens (tertiary/aromatic N) is 1. The fraction of sp³-hybridized carbons (Fsp3) is 0.316. The molecule has 0 bridgehead atoms. The average molecular weight is 293 g/mol. The molecule has 0 saturated carbocycles. The lowest BCUT2D eigenvalue weighted by molar-refractivity contribution is 0.874. The zero-order valence-corrected chi connectivity index (χ0v) is 13.9. The molecule has 3 rings (SSSR count). The molecule has 0 unspecified atom stereocenters. The van der Waals surface area contributed by atoms with Crippen LogP contribution in [0.5, 0.6) is 0 Å². The van der Waals surface area contributed by atoms with Gasteiger partial charge in [-0.3, -0.25) is 0 Å². The molecule has 0 aliphatic rings. The summed E-state index contributed by atoms with van der Waals surface area (Å²) >= 11 is 0. The van der Waals surface area contributed by atoms with Gasteiger partial charge in [0, 0.05) is 5.69 Å². The van der Waals surface area contributed by atoms with Crippen molar-refractivity contribution in [2.45, 2.75) is 40.5 Å². The van der Waals surface area contributed by atoms with Gasteiger partial charge in [0.2, 0.25) is 5.95 Å². The Kier molecular flexibility index (Phi) is 3.65. The number of aryl methyl sites for hydroxylation is 3. The third-order valence-electron chi connectivity index (χ3n) is 4.09. The van der Waals surface area contributed by atoms with Crippen LogP contribution in [0.2, 0.25) is 0 Å². The molecule has 1 aromatic heterocycles. The van der Waals surface area contributed by atoms with E-state index < -0.39 is 0 Å². The highest BCUT2D eigenvalue weighted by Gasteiger charge is 2.11. The predicted octanol–water partition coefficient (Wildman–Crippen LogP) is 5.36. The summed E-state index contributed by atoms with van der Waals surface area (Å²) in [7, 11) is 0. The molecule has 2 aromatic carbocycles. The molecule has 0 fully saturated rings. The molecule has 3 aromatic rings. The summed E-state index contributed by atoms with van der Waals surface area (Å²) in [4.78, 5) is 8.15. The van der Waals surface area contributed by atoms with Crippen LogP contribution in [0, 0.1) is 20.8 Å². The first-order valence-corrected chi connectivity index (χ1v) is 7.79. The number of hydrogen-bond acceptors (Lipinski definition) is 2. The van der Waals surface area contributed by atoms with E-state index >= 15 is 0 Å². The minimum absolute atomic E-state index is 0.461. The van der Waals surface area contributed by atoms with Crippen LogP contribution in [0.4, 0.5) is 11.6 Å². The topological polar surface area (TPSA) is 40.7 Å². The number of aromatic amines is 1. The van der Waals surface area contributed by atoms with E-state index in [9.17, 15) is 0 Å². The second-order valence-electron chi connectivity index (χ2n) is 6.38. The fourth-order valence-corrected chi connectivity index (χ4v) is 3.08. The minimum atomic E-state index is 0.461. The van der Waals surface area contributed by atoms with Crippen molar-refractivity contribution in [1.29, 1.82) is 0 Å². The first-order valence-electron chi connectivity index (χ1n) is 7.79. The van der Waals surface area contributed by atoms with Gasteiger partial charge in [-0.1, -0.05) is 43.7 Å². The molecule has 0 aliphatic carbocycles. The molecule has 0 radical (unpaired) electrons. The maximum atomic E-state index is 4.77. The smallest absolute Gasteiger partial charge is 0.205 e.